The number of hydrogen-bond acceptors (Lipinski definition) is 7. The van der Waals surface area contributed by atoms with Gasteiger partial charge in [0.2, 0.25) is 0 Å². The number of nitrogens with zero attached hydrogens (tertiary/aromatic N) is 2. The van der Waals surface area contributed by atoms with Crippen molar-refractivity contribution < 1.29 is 9.84 Å². The summed E-state index contributed by atoms with van der Waals surface area (Å²) >= 11 is 0. The predicted molar refractivity (Wildman–Crippen MR) is 90.7 cm³/mol. The van der Waals surface area contributed by atoms with Crippen LogP contribution >= 0.6 is 0 Å². The molecule has 0 unspecified atom stereocenters. The van der Waals surface area contributed by atoms with Gasteiger partial charge in [0.25, 0.3) is 0 Å². The maximum Gasteiger partial charge on any atom is 0.126 e. The maximum absolute atomic E-state index is 8.86. The van der Waals surface area contributed by atoms with Gasteiger partial charge < -0.3 is 25.9 Å². The molecular formula is C16H21N5O2. The van der Waals surface area contributed by atoms with Crippen molar-refractivity contribution in [2.45, 2.75) is 13.5 Å². The number of ether oxygens (including phenoxy) is 1. The Bertz CT molecular complexity index is 676. The fourth-order valence-corrected chi connectivity index (χ4v) is 2.11. The summed E-state index contributed by atoms with van der Waals surface area (Å²) in [7, 11) is 1.77. The first-order chi connectivity index (χ1) is 11.2. The molecule has 2 aromatic heterocycles. The number of anilines is 3. The van der Waals surface area contributed by atoms with Crippen molar-refractivity contribution in [3.05, 3.63) is 41.3 Å². The van der Waals surface area contributed by atoms with Gasteiger partial charge >= 0.3 is 0 Å². The first-order valence-corrected chi connectivity index (χ1v) is 7.28. The average molecular weight is 315 g/mol. The highest BCUT2D eigenvalue weighted by molar-refractivity contribution is 5.89. The molecule has 4 N–H and O–H groups in total. The van der Waals surface area contributed by atoms with Crippen molar-refractivity contribution in [2.75, 3.05) is 30.9 Å². The summed E-state index contributed by atoms with van der Waals surface area (Å²) in [6.45, 7) is 2.34. The van der Waals surface area contributed by atoms with Crippen LogP contribution in [0, 0.1) is 12.3 Å². The van der Waals surface area contributed by atoms with Gasteiger partial charge in [-0.3, -0.25) is 4.98 Å². The summed E-state index contributed by atoms with van der Waals surface area (Å²) in [6.07, 6.45) is 2.99. The summed E-state index contributed by atoms with van der Waals surface area (Å²) < 4.78 is 5.40. The Hall–Kier alpha value is -2.51. The van der Waals surface area contributed by atoms with Crippen molar-refractivity contribution in [3.63, 3.8) is 0 Å². The molecule has 2 aromatic rings. The highest BCUT2D eigenvalue weighted by Gasteiger charge is 2.12. The van der Waals surface area contributed by atoms with E-state index in [9.17, 15) is 0 Å². The van der Waals surface area contributed by atoms with Gasteiger partial charge in [-0.1, -0.05) is 0 Å². The summed E-state index contributed by atoms with van der Waals surface area (Å²) in [5.74, 6) is 0.655. The number of aryl methyl sites for hydroxylation is 1. The SMILES string of the molecule is CNc1cc(C=N)c(Nc2ccnc(C)c2)c(COCCO)n1. The van der Waals surface area contributed by atoms with E-state index in [2.05, 4.69) is 20.6 Å². The zero-order valence-corrected chi connectivity index (χ0v) is 13.3. The number of aliphatic hydroxyl groups excluding tert-OH is 1. The summed E-state index contributed by atoms with van der Waals surface area (Å²) in [6, 6.07) is 5.56. The second-order valence-electron chi connectivity index (χ2n) is 4.90. The third-order valence-corrected chi connectivity index (χ3v) is 3.18. The lowest BCUT2D eigenvalue weighted by Gasteiger charge is -2.16. The molecule has 23 heavy (non-hydrogen) atoms. The van der Waals surface area contributed by atoms with Crippen LogP contribution in [-0.2, 0) is 11.3 Å². The smallest absolute Gasteiger partial charge is 0.126 e. The number of hydrogen-bond donors (Lipinski definition) is 4. The summed E-state index contributed by atoms with van der Waals surface area (Å²) in [4.78, 5) is 8.66. The fraction of sp³-hybridized carbons (Fsp3) is 0.312. The van der Waals surface area contributed by atoms with Crippen LogP contribution in [-0.4, -0.2) is 41.6 Å². The van der Waals surface area contributed by atoms with Crippen molar-refractivity contribution in [2.24, 2.45) is 0 Å². The van der Waals surface area contributed by atoms with E-state index in [0.29, 0.717) is 22.8 Å². The molecule has 0 radical (unpaired) electrons. The molecular weight excluding hydrogens is 294 g/mol. The Labute approximate surface area is 135 Å². The molecule has 0 aliphatic rings. The van der Waals surface area contributed by atoms with E-state index in [-0.39, 0.29) is 19.8 Å². The van der Waals surface area contributed by atoms with E-state index in [1.54, 1.807) is 19.3 Å². The Balaban J connectivity index is 2.38. The third-order valence-electron chi connectivity index (χ3n) is 3.18. The van der Waals surface area contributed by atoms with E-state index in [1.165, 1.54) is 6.21 Å². The van der Waals surface area contributed by atoms with Crippen LogP contribution in [0.2, 0.25) is 0 Å². The Morgan fingerprint density at radius 1 is 1.39 bits per heavy atom. The van der Waals surface area contributed by atoms with Gasteiger partial charge in [0, 0.05) is 36.4 Å². The minimum absolute atomic E-state index is 0.0462. The van der Waals surface area contributed by atoms with E-state index < -0.39 is 0 Å². The van der Waals surface area contributed by atoms with Crippen molar-refractivity contribution in [3.8, 4) is 0 Å². The van der Waals surface area contributed by atoms with Crippen molar-refractivity contribution in [1.82, 2.24) is 9.97 Å². The molecule has 122 valence electrons. The van der Waals surface area contributed by atoms with E-state index in [4.69, 9.17) is 15.3 Å². The normalized spacial score (nSPS) is 10.4. The Morgan fingerprint density at radius 3 is 2.87 bits per heavy atom. The number of rotatable bonds is 8. The molecule has 0 saturated carbocycles. The lowest BCUT2D eigenvalue weighted by Crippen LogP contribution is -2.09. The molecule has 0 atom stereocenters. The first-order valence-electron chi connectivity index (χ1n) is 7.28. The van der Waals surface area contributed by atoms with Crippen LogP contribution in [0.3, 0.4) is 0 Å². The molecule has 0 fully saturated rings. The zero-order valence-electron chi connectivity index (χ0n) is 13.3. The highest BCUT2D eigenvalue weighted by Crippen LogP contribution is 2.26. The van der Waals surface area contributed by atoms with Gasteiger partial charge in [0.1, 0.15) is 5.82 Å². The molecule has 0 aromatic carbocycles. The first kappa shape index (κ1) is 16.9. The molecule has 7 nitrogen and oxygen atoms in total. The highest BCUT2D eigenvalue weighted by atomic mass is 16.5. The molecule has 0 saturated heterocycles. The predicted octanol–water partition coefficient (Wildman–Crippen LogP) is 2.08. The third kappa shape index (κ3) is 4.48. The minimum Gasteiger partial charge on any atom is -0.394 e. The van der Waals surface area contributed by atoms with Gasteiger partial charge in [0.15, 0.2) is 0 Å². The average Bonchev–Trinajstić information content (AvgIpc) is 2.56. The molecule has 0 spiro atoms. The molecule has 7 heteroatoms. The van der Waals surface area contributed by atoms with Gasteiger partial charge in [-0.05, 0) is 25.1 Å². The van der Waals surface area contributed by atoms with Crippen LogP contribution in [0.5, 0.6) is 0 Å². The minimum atomic E-state index is -0.0462. The monoisotopic (exact) mass is 315 g/mol. The van der Waals surface area contributed by atoms with Crippen LogP contribution in [0.1, 0.15) is 17.0 Å². The lowest BCUT2D eigenvalue weighted by atomic mass is 10.1. The largest absolute Gasteiger partial charge is 0.394 e. The maximum atomic E-state index is 8.86. The Kier molecular flexibility index (Phi) is 6.02. The van der Waals surface area contributed by atoms with Crippen molar-refractivity contribution in [1.29, 1.82) is 5.41 Å². The summed E-state index contributed by atoms with van der Waals surface area (Å²) in [5, 5.41) is 22.8. The second-order valence-corrected chi connectivity index (χ2v) is 4.90. The van der Waals surface area contributed by atoms with E-state index >= 15 is 0 Å². The van der Waals surface area contributed by atoms with Crippen molar-refractivity contribution >= 4 is 23.4 Å². The number of aliphatic hydroxyl groups is 1. The van der Waals surface area contributed by atoms with Crippen LogP contribution in [0.15, 0.2) is 24.4 Å². The zero-order chi connectivity index (χ0) is 16.7. The summed E-state index contributed by atoms with van der Waals surface area (Å²) in [5.41, 5.74) is 3.83. The molecule has 0 aliphatic carbocycles. The van der Waals surface area contributed by atoms with Crippen LogP contribution in [0.4, 0.5) is 17.2 Å². The Morgan fingerprint density at radius 2 is 2.22 bits per heavy atom. The molecule has 2 rings (SSSR count). The topological polar surface area (TPSA) is 103 Å². The molecule has 2 heterocycles. The molecule has 0 bridgehead atoms. The van der Waals surface area contributed by atoms with E-state index in [0.717, 1.165) is 11.4 Å². The van der Waals surface area contributed by atoms with E-state index in [1.807, 2.05) is 19.1 Å². The number of aromatic nitrogens is 2. The van der Waals surface area contributed by atoms with Crippen LogP contribution in [0.25, 0.3) is 0 Å². The number of nitrogens with one attached hydrogen (secondary N) is 3. The van der Waals surface area contributed by atoms with Gasteiger partial charge in [-0.15, -0.1) is 0 Å². The second kappa shape index (κ2) is 8.21. The molecule has 0 aliphatic heterocycles. The lowest BCUT2D eigenvalue weighted by molar-refractivity contribution is 0.0801. The molecule has 0 amide bonds. The number of pyridine rings is 2. The van der Waals surface area contributed by atoms with Gasteiger partial charge in [0.05, 0.1) is 31.2 Å². The quantitative estimate of drug-likeness (QED) is 0.439. The van der Waals surface area contributed by atoms with Crippen LogP contribution < -0.4 is 10.6 Å². The van der Waals surface area contributed by atoms with Gasteiger partial charge in [-0.25, -0.2) is 4.98 Å². The fourth-order valence-electron chi connectivity index (χ4n) is 2.11. The standard InChI is InChI=1S/C16H21N5O2/c1-11-7-13(3-4-19-11)20-16-12(9-17)8-15(18-2)21-14(16)10-23-6-5-22/h3-4,7-9,17,22H,5-6,10H2,1-2H3,(H,18,21)(H,19,20). The van der Waals surface area contributed by atoms with Gasteiger partial charge in [-0.2, -0.15) is 0 Å².